The molecule has 1 rings (SSSR count). The van der Waals surface area contributed by atoms with Gasteiger partial charge in [0.25, 0.3) is 0 Å². The van der Waals surface area contributed by atoms with Crippen molar-refractivity contribution in [3.63, 3.8) is 0 Å². The lowest BCUT2D eigenvalue weighted by Crippen LogP contribution is -2.11. The van der Waals surface area contributed by atoms with E-state index < -0.39 is 0 Å². The van der Waals surface area contributed by atoms with Gasteiger partial charge in [-0.1, -0.05) is 95.8 Å². The van der Waals surface area contributed by atoms with Crippen LogP contribution in [0.15, 0.2) is 24.3 Å². The molecule has 0 aliphatic rings. The van der Waals surface area contributed by atoms with Crippen molar-refractivity contribution in [2.24, 2.45) is 0 Å². The summed E-state index contributed by atoms with van der Waals surface area (Å²) in [6, 6.07) is 8.83. The van der Waals surface area contributed by atoms with Crippen molar-refractivity contribution >= 4 is 22.7 Å². The third kappa shape index (κ3) is 11.1. The number of hydrogen-bond acceptors (Lipinski definition) is 1. The molecule has 0 aromatic heterocycles. The fraction of sp³-hybridized carbons (Fsp3) is 0.727. The standard InChI is InChI=1S/C22H39N.BrH/c1-4-5-6-7-8-9-10-11-12-13-14-15-18-21-19-16-17-20-22(21)23(2)3;/h16-17,19-20H,4-15,18H2,1-3H3;1H. The van der Waals surface area contributed by atoms with E-state index in [4.69, 9.17) is 0 Å². The lowest BCUT2D eigenvalue weighted by Gasteiger charge is -2.17. The minimum atomic E-state index is 0. The van der Waals surface area contributed by atoms with Gasteiger partial charge in [-0.15, -0.1) is 17.0 Å². The number of unbranched alkanes of at least 4 members (excludes halogenated alkanes) is 11. The molecule has 0 fully saturated rings. The molecule has 0 aliphatic heterocycles. The van der Waals surface area contributed by atoms with Gasteiger partial charge in [0.05, 0.1) is 0 Å². The summed E-state index contributed by atoms with van der Waals surface area (Å²) in [4.78, 5) is 2.23. The molecule has 0 heterocycles. The van der Waals surface area contributed by atoms with Crippen LogP contribution in [-0.2, 0) is 6.42 Å². The lowest BCUT2D eigenvalue weighted by atomic mass is 10.0. The monoisotopic (exact) mass is 397 g/mol. The van der Waals surface area contributed by atoms with Crippen molar-refractivity contribution < 1.29 is 0 Å². The molecule has 0 saturated carbocycles. The Balaban J connectivity index is 0.00000529. The summed E-state index contributed by atoms with van der Waals surface area (Å²) >= 11 is 0. The predicted octanol–water partition coefficient (Wildman–Crippen LogP) is 7.57. The Morgan fingerprint density at radius 1 is 0.667 bits per heavy atom. The quantitative estimate of drug-likeness (QED) is 0.292. The molecule has 0 saturated heterocycles. The number of para-hydroxylation sites is 1. The molecule has 2 heteroatoms. The number of aryl methyl sites for hydroxylation is 1. The highest BCUT2D eigenvalue weighted by Gasteiger charge is 2.03. The molecule has 1 aromatic carbocycles. The molecule has 140 valence electrons. The minimum absolute atomic E-state index is 0. The molecule has 0 N–H and O–H groups in total. The van der Waals surface area contributed by atoms with Gasteiger partial charge in [-0.25, -0.2) is 0 Å². The second kappa shape index (κ2) is 16.0. The minimum Gasteiger partial charge on any atom is -0.377 e. The smallest absolute Gasteiger partial charge is 0.0393 e. The summed E-state index contributed by atoms with van der Waals surface area (Å²) in [6.07, 6.45) is 18.3. The Hall–Kier alpha value is -0.500. The first kappa shape index (κ1) is 23.5. The first-order chi connectivity index (χ1) is 11.3. The first-order valence-electron chi connectivity index (χ1n) is 10.0. The van der Waals surface area contributed by atoms with Crippen molar-refractivity contribution in [1.82, 2.24) is 0 Å². The van der Waals surface area contributed by atoms with E-state index in [9.17, 15) is 0 Å². The fourth-order valence-corrected chi connectivity index (χ4v) is 3.31. The molecule has 24 heavy (non-hydrogen) atoms. The van der Waals surface area contributed by atoms with Crippen LogP contribution in [0.3, 0.4) is 0 Å². The maximum atomic E-state index is 2.29. The van der Waals surface area contributed by atoms with Crippen molar-refractivity contribution in [3.05, 3.63) is 29.8 Å². The number of hydrogen-bond donors (Lipinski definition) is 0. The second-order valence-electron chi connectivity index (χ2n) is 7.16. The van der Waals surface area contributed by atoms with Gasteiger partial charge < -0.3 is 4.90 Å². The van der Waals surface area contributed by atoms with Crippen molar-refractivity contribution in [1.29, 1.82) is 0 Å². The van der Waals surface area contributed by atoms with E-state index in [1.807, 2.05) is 0 Å². The summed E-state index contributed by atoms with van der Waals surface area (Å²) in [5.74, 6) is 0. The maximum absolute atomic E-state index is 2.29. The zero-order chi connectivity index (χ0) is 16.8. The topological polar surface area (TPSA) is 3.24 Å². The lowest BCUT2D eigenvalue weighted by molar-refractivity contribution is 0.544. The summed E-state index contributed by atoms with van der Waals surface area (Å²) in [5.41, 5.74) is 2.89. The van der Waals surface area contributed by atoms with Crippen LogP contribution in [0.5, 0.6) is 0 Å². The molecule has 0 spiro atoms. The highest BCUT2D eigenvalue weighted by atomic mass is 79.9. The van der Waals surface area contributed by atoms with E-state index in [0.717, 1.165) is 0 Å². The van der Waals surface area contributed by atoms with Gasteiger partial charge in [-0.2, -0.15) is 0 Å². The Morgan fingerprint density at radius 3 is 1.62 bits per heavy atom. The van der Waals surface area contributed by atoms with Crippen LogP contribution in [0.1, 0.15) is 89.5 Å². The van der Waals surface area contributed by atoms with Crippen molar-refractivity contribution in [2.75, 3.05) is 19.0 Å². The fourth-order valence-electron chi connectivity index (χ4n) is 3.31. The molecule has 0 unspecified atom stereocenters. The molecule has 0 amide bonds. The molecule has 0 radical (unpaired) electrons. The third-order valence-corrected chi connectivity index (χ3v) is 4.77. The van der Waals surface area contributed by atoms with E-state index in [2.05, 4.69) is 50.2 Å². The predicted molar refractivity (Wildman–Crippen MR) is 116 cm³/mol. The van der Waals surface area contributed by atoms with Gasteiger partial charge in [0.1, 0.15) is 0 Å². The third-order valence-electron chi connectivity index (χ3n) is 4.77. The van der Waals surface area contributed by atoms with Crippen LogP contribution < -0.4 is 4.90 Å². The summed E-state index contributed by atoms with van der Waals surface area (Å²) in [5, 5.41) is 0. The van der Waals surface area contributed by atoms with Gasteiger partial charge in [-0.05, 0) is 24.5 Å². The van der Waals surface area contributed by atoms with Gasteiger partial charge in [-0.3, -0.25) is 0 Å². The van der Waals surface area contributed by atoms with Crippen molar-refractivity contribution in [3.8, 4) is 0 Å². The molecule has 0 aliphatic carbocycles. The van der Waals surface area contributed by atoms with Crippen LogP contribution in [-0.4, -0.2) is 14.1 Å². The van der Waals surface area contributed by atoms with Gasteiger partial charge in [0.2, 0.25) is 0 Å². The number of rotatable bonds is 14. The SMILES string of the molecule is Br.CCCCCCCCCCCCCCc1ccccc1N(C)C. The normalized spacial score (nSPS) is 10.5. The Labute approximate surface area is 162 Å². The number of nitrogens with zero attached hydrogens (tertiary/aromatic N) is 1. The molecule has 0 bridgehead atoms. The highest BCUT2D eigenvalue weighted by molar-refractivity contribution is 8.93. The average molecular weight is 398 g/mol. The summed E-state index contributed by atoms with van der Waals surface area (Å²) < 4.78 is 0. The highest BCUT2D eigenvalue weighted by Crippen LogP contribution is 2.20. The van der Waals surface area contributed by atoms with E-state index in [-0.39, 0.29) is 17.0 Å². The van der Waals surface area contributed by atoms with E-state index in [1.54, 1.807) is 0 Å². The van der Waals surface area contributed by atoms with Gasteiger partial charge in [0.15, 0.2) is 0 Å². The van der Waals surface area contributed by atoms with Gasteiger partial charge in [0, 0.05) is 19.8 Å². The molecular formula is C22H40BrN. The Bertz CT molecular complexity index is 389. The Kier molecular flexibility index (Phi) is 15.7. The van der Waals surface area contributed by atoms with E-state index in [0.29, 0.717) is 0 Å². The van der Waals surface area contributed by atoms with E-state index in [1.165, 1.54) is 94.7 Å². The summed E-state index contributed by atoms with van der Waals surface area (Å²) in [6.45, 7) is 2.29. The van der Waals surface area contributed by atoms with Gasteiger partial charge >= 0.3 is 0 Å². The summed E-state index contributed by atoms with van der Waals surface area (Å²) in [7, 11) is 4.28. The van der Waals surface area contributed by atoms with Crippen molar-refractivity contribution in [2.45, 2.75) is 90.4 Å². The van der Waals surface area contributed by atoms with Crippen LogP contribution >= 0.6 is 17.0 Å². The zero-order valence-electron chi connectivity index (χ0n) is 16.4. The number of benzene rings is 1. The van der Waals surface area contributed by atoms with Crippen LogP contribution in [0, 0.1) is 0 Å². The first-order valence-corrected chi connectivity index (χ1v) is 10.0. The average Bonchev–Trinajstić information content (AvgIpc) is 2.56. The largest absolute Gasteiger partial charge is 0.377 e. The van der Waals surface area contributed by atoms with Crippen LogP contribution in [0.2, 0.25) is 0 Å². The number of halogens is 1. The molecular weight excluding hydrogens is 358 g/mol. The molecule has 1 nitrogen and oxygen atoms in total. The van der Waals surface area contributed by atoms with Crippen LogP contribution in [0.25, 0.3) is 0 Å². The van der Waals surface area contributed by atoms with E-state index >= 15 is 0 Å². The zero-order valence-corrected chi connectivity index (χ0v) is 18.1. The maximum Gasteiger partial charge on any atom is 0.0393 e. The number of anilines is 1. The second-order valence-corrected chi connectivity index (χ2v) is 7.16. The molecule has 0 atom stereocenters. The molecule has 1 aromatic rings. The Morgan fingerprint density at radius 2 is 1.12 bits per heavy atom. The van der Waals surface area contributed by atoms with Crippen LogP contribution in [0.4, 0.5) is 5.69 Å².